The number of hydrogen-bond acceptors (Lipinski definition) is 4. The van der Waals surface area contributed by atoms with Crippen molar-refractivity contribution in [3.63, 3.8) is 0 Å². The van der Waals surface area contributed by atoms with E-state index in [4.69, 9.17) is 0 Å². The number of hydrogen-bond donors (Lipinski definition) is 1. The van der Waals surface area contributed by atoms with Crippen molar-refractivity contribution in [3.8, 4) is 0 Å². The lowest BCUT2D eigenvalue weighted by molar-refractivity contribution is -0.160. The van der Waals surface area contributed by atoms with Crippen molar-refractivity contribution in [2.24, 2.45) is 0 Å². The quantitative estimate of drug-likeness (QED) is 0.800. The molecule has 150 valence electrons. The largest absolute Gasteiger partial charge is 0.379 e. The Hall–Kier alpha value is -2.24. The van der Waals surface area contributed by atoms with Crippen molar-refractivity contribution in [1.29, 1.82) is 0 Å². The molecule has 1 aliphatic heterocycles. The van der Waals surface area contributed by atoms with Crippen molar-refractivity contribution in [3.05, 3.63) is 65.5 Å². The molecule has 0 spiro atoms. The highest BCUT2D eigenvalue weighted by molar-refractivity contribution is 5.86. The maximum Gasteiger partial charge on any atom is 0.256 e. The van der Waals surface area contributed by atoms with Gasteiger partial charge in [-0.15, -0.1) is 0 Å². The van der Waals surface area contributed by atoms with Crippen molar-refractivity contribution in [1.82, 2.24) is 14.8 Å². The zero-order valence-corrected chi connectivity index (χ0v) is 17.1. The van der Waals surface area contributed by atoms with Crippen LogP contribution in [-0.4, -0.2) is 51.5 Å². The summed E-state index contributed by atoms with van der Waals surface area (Å²) >= 11 is 0. The third-order valence-corrected chi connectivity index (χ3v) is 5.41. The van der Waals surface area contributed by atoms with E-state index in [1.54, 1.807) is 11.1 Å². The van der Waals surface area contributed by atoms with Gasteiger partial charge in [-0.2, -0.15) is 0 Å². The number of nitrogens with zero attached hydrogens (tertiary/aromatic N) is 3. The number of likely N-dealkylation sites (tertiary alicyclic amines) is 1. The Morgan fingerprint density at radius 2 is 1.96 bits per heavy atom. The number of aliphatic hydroxyl groups is 1. The van der Waals surface area contributed by atoms with Gasteiger partial charge in [0.15, 0.2) is 5.60 Å². The lowest BCUT2D eigenvalue weighted by Crippen LogP contribution is -2.57. The molecule has 1 amide bonds. The van der Waals surface area contributed by atoms with E-state index in [2.05, 4.69) is 43.1 Å². The molecule has 1 fully saturated rings. The van der Waals surface area contributed by atoms with Gasteiger partial charge in [0.05, 0.1) is 5.69 Å². The molecule has 2 heterocycles. The van der Waals surface area contributed by atoms with Gasteiger partial charge in [0, 0.05) is 32.4 Å². The standard InChI is InChI=1S/C23H31N3O2/c1-18(2)20-10-8-19(9-11-20)15-26-14-6-12-23(28,22(26)27)17-25(3)16-21-7-4-5-13-24-21/h4-5,7-11,13,18,28H,6,12,14-17H2,1-3H3/t23-/m0/s1. The molecule has 1 N–H and O–H groups in total. The fourth-order valence-corrected chi connectivity index (χ4v) is 3.86. The van der Waals surface area contributed by atoms with Crippen molar-refractivity contribution >= 4 is 5.91 Å². The molecule has 2 aromatic rings. The predicted octanol–water partition coefficient (Wildman–Crippen LogP) is 3.19. The third-order valence-electron chi connectivity index (χ3n) is 5.41. The van der Waals surface area contributed by atoms with Crippen LogP contribution in [0.25, 0.3) is 0 Å². The van der Waals surface area contributed by atoms with Gasteiger partial charge in [-0.3, -0.25) is 14.7 Å². The van der Waals surface area contributed by atoms with Crippen LogP contribution in [0.3, 0.4) is 0 Å². The Labute approximate surface area is 168 Å². The summed E-state index contributed by atoms with van der Waals surface area (Å²) in [6, 6.07) is 14.2. The molecular weight excluding hydrogens is 350 g/mol. The SMILES string of the molecule is CC(C)c1ccc(CN2CCC[C@](O)(CN(C)Cc3ccccn3)C2=O)cc1. The van der Waals surface area contributed by atoms with E-state index in [1.807, 2.05) is 30.1 Å². The number of pyridine rings is 1. The summed E-state index contributed by atoms with van der Waals surface area (Å²) in [5.41, 5.74) is 1.99. The van der Waals surface area contributed by atoms with Gasteiger partial charge >= 0.3 is 0 Å². The normalized spacial score (nSPS) is 20.2. The first-order valence-corrected chi connectivity index (χ1v) is 10.1. The van der Waals surface area contributed by atoms with Crippen LogP contribution in [0, 0.1) is 0 Å². The molecule has 0 aliphatic carbocycles. The van der Waals surface area contributed by atoms with Crippen LogP contribution >= 0.6 is 0 Å². The molecule has 0 unspecified atom stereocenters. The highest BCUT2D eigenvalue weighted by atomic mass is 16.3. The van der Waals surface area contributed by atoms with Crippen LogP contribution in [0.5, 0.6) is 0 Å². The molecule has 1 aromatic heterocycles. The monoisotopic (exact) mass is 381 g/mol. The van der Waals surface area contributed by atoms with Crippen LogP contribution in [0.4, 0.5) is 0 Å². The molecule has 1 saturated heterocycles. The minimum Gasteiger partial charge on any atom is -0.379 e. The molecule has 3 rings (SSSR count). The molecule has 5 nitrogen and oxygen atoms in total. The first-order chi connectivity index (χ1) is 13.4. The Morgan fingerprint density at radius 3 is 2.61 bits per heavy atom. The van der Waals surface area contributed by atoms with Crippen molar-refractivity contribution in [2.75, 3.05) is 20.1 Å². The van der Waals surface area contributed by atoms with Crippen LogP contribution in [0.1, 0.15) is 49.4 Å². The van der Waals surface area contributed by atoms with Crippen molar-refractivity contribution in [2.45, 2.75) is 51.3 Å². The molecule has 0 bridgehead atoms. The Balaban J connectivity index is 1.63. The summed E-state index contributed by atoms with van der Waals surface area (Å²) in [6.07, 6.45) is 3.07. The minimum atomic E-state index is -1.33. The van der Waals surface area contributed by atoms with Gasteiger partial charge in [-0.25, -0.2) is 0 Å². The number of piperidine rings is 1. The number of likely N-dealkylation sites (N-methyl/N-ethyl adjacent to an activating group) is 1. The highest BCUT2D eigenvalue weighted by Crippen LogP contribution is 2.26. The fourth-order valence-electron chi connectivity index (χ4n) is 3.86. The second kappa shape index (κ2) is 8.84. The van der Waals surface area contributed by atoms with Gasteiger partial charge in [0.25, 0.3) is 5.91 Å². The molecule has 28 heavy (non-hydrogen) atoms. The summed E-state index contributed by atoms with van der Waals surface area (Å²) < 4.78 is 0. The minimum absolute atomic E-state index is 0.167. The number of aromatic nitrogens is 1. The van der Waals surface area contributed by atoms with Gasteiger partial charge in [0.1, 0.15) is 0 Å². The Kier molecular flexibility index (Phi) is 6.47. The van der Waals surface area contributed by atoms with Gasteiger partial charge in [-0.05, 0) is 49.1 Å². The van der Waals surface area contributed by atoms with Gasteiger partial charge in [-0.1, -0.05) is 44.2 Å². The third kappa shape index (κ3) is 4.97. The van der Waals surface area contributed by atoms with Gasteiger partial charge < -0.3 is 10.0 Å². The second-order valence-electron chi connectivity index (χ2n) is 8.25. The van der Waals surface area contributed by atoms with E-state index in [0.29, 0.717) is 38.5 Å². The predicted molar refractivity (Wildman–Crippen MR) is 111 cm³/mol. The van der Waals surface area contributed by atoms with E-state index >= 15 is 0 Å². The van der Waals surface area contributed by atoms with E-state index in [0.717, 1.165) is 17.7 Å². The van der Waals surface area contributed by atoms with Crippen LogP contribution < -0.4 is 0 Å². The second-order valence-corrected chi connectivity index (χ2v) is 8.25. The van der Waals surface area contributed by atoms with E-state index < -0.39 is 5.60 Å². The molecule has 1 aliphatic rings. The lowest BCUT2D eigenvalue weighted by Gasteiger charge is -2.40. The summed E-state index contributed by atoms with van der Waals surface area (Å²) in [7, 11) is 1.92. The van der Waals surface area contributed by atoms with Crippen LogP contribution in [0.2, 0.25) is 0 Å². The van der Waals surface area contributed by atoms with Gasteiger partial charge in [0.2, 0.25) is 0 Å². The molecule has 0 radical (unpaired) electrons. The maximum absolute atomic E-state index is 13.0. The molecule has 5 heteroatoms. The summed E-state index contributed by atoms with van der Waals surface area (Å²) in [5.74, 6) is 0.324. The number of carbonyl (C=O) groups excluding carboxylic acids is 1. The Bertz CT molecular complexity index is 776. The Morgan fingerprint density at radius 1 is 1.21 bits per heavy atom. The van der Waals surface area contributed by atoms with Crippen molar-refractivity contribution < 1.29 is 9.90 Å². The smallest absolute Gasteiger partial charge is 0.256 e. The summed E-state index contributed by atoms with van der Waals surface area (Å²) in [6.45, 7) is 6.49. The van der Waals surface area contributed by atoms with E-state index in [-0.39, 0.29) is 5.91 Å². The zero-order valence-electron chi connectivity index (χ0n) is 17.1. The first kappa shape index (κ1) is 20.5. The number of carbonyl (C=O) groups is 1. The number of rotatable bonds is 7. The summed E-state index contributed by atoms with van der Waals surface area (Å²) in [4.78, 5) is 21.1. The highest BCUT2D eigenvalue weighted by Gasteiger charge is 2.42. The fraction of sp³-hybridized carbons (Fsp3) is 0.478. The maximum atomic E-state index is 13.0. The van der Waals surface area contributed by atoms with E-state index in [1.165, 1.54) is 5.56 Å². The topological polar surface area (TPSA) is 56.7 Å². The van der Waals surface area contributed by atoms with Crippen LogP contribution in [-0.2, 0) is 17.9 Å². The number of amides is 1. The average Bonchev–Trinajstić information content (AvgIpc) is 2.66. The molecular formula is C23H31N3O2. The molecule has 1 atom stereocenters. The average molecular weight is 382 g/mol. The number of benzene rings is 1. The zero-order chi connectivity index (χ0) is 20.1. The van der Waals surface area contributed by atoms with Crippen LogP contribution in [0.15, 0.2) is 48.7 Å². The summed E-state index contributed by atoms with van der Waals surface area (Å²) in [5, 5.41) is 11.1. The van der Waals surface area contributed by atoms with E-state index in [9.17, 15) is 9.90 Å². The molecule has 0 saturated carbocycles. The first-order valence-electron chi connectivity index (χ1n) is 10.1. The molecule has 1 aromatic carbocycles. The lowest BCUT2D eigenvalue weighted by atomic mass is 9.90.